The van der Waals surface area contributed by atoms with Gasteiger partial charge in [0.25, 0.3) is 11.8 Å². The van der Waals surface area contributed by atoms with Crippen molar-refractivity contribution in [1.82, 2.24) is 29.4 Å². The maximum Gasteiger partial charge on any atom is 0.330 e. The lowest BCUT2D eigenvalue weighted by molar-refractivity contribution is 0.0939. The number of methoxy groups -OCH3 is 1. The molecule has 0 unspecified atom stereocenters. The second-order valence-corrected chi connectivity index (χ2v) is 11.7. The molecule has 6 rings (SSSR count). The van der Waals surface area contributed by atoms with Crippen molar-refractivity contribution in [2.24, 2.45) is 12.0 Å². The summed E-state index contributed by atoms with van der Waals surface area (Å²) in [6.07, 6.45) is 0.615. The van der Waals surface area contributed by atoms with Gasteiger partial charge in [0.05, 0.1) is 18.5 Å². The quantitative estimate of drug-likeness (QED) is 0.251. The van der Waals surface area contributed by atoms with E-state index in [4.69, 9.17) is 14.5 Å². The Morgan fingerprint density at radius 3 is 2.47 bits per heavy atom. The minimum absolute atomic E-state index is 0.0642. The van der Waals surface area contributed by atoms with Crippen LogP contribution in [-0.4, -0.2) is 48.8 Å². The van der Waals surface area contributed by atoms with Crippen LogP contribution in [0.15, 0.2) is 70.5 Å². The molecule has 12 nitrogen and oxygen atoms in total. The minimum atomic E-state index is -0.552. The first kappa shape index (κ1) is 31.3. The number of carbonyl (C=O) groups is 1. The van der Waals surface area contributed by atoms with Gasteiger partial charge in [-0.05, 0) is 61.6 Å². The Labute approximate surface area is 271 Å². The highest BCUT2D eigenvalue weighted by atomic mass is 16.5. The zero-order chi connectivity index (χ0) is 33.2. The van der Waals surface area contributed by atoms with E-state index in [9.17, 15) is 14.7 Å². The minimum Gasteiger partial charge on any atom is -0.493 e. The maximum absolute atomic E-state index is 14.2. The summed E-state index contributed by atoms with van der Waals surface area (Å²) in [5, 5.41) is 19.9. The van der Waals surface area contributed by atoms with Crippen molar-refractivity contribution in [1.29, 1.82) is 0 Å². The number of aromatic nitrogens is 5. The summed E-state index contributed by atoms with van der Waals surface area (Å²) in [7, 11) is 3.12. The molecular weight excluding hydrogens is 598 g/mol. The van der Waals surface area contributed by atoms with Crippen LogP contribution in [0.2, 0.25) is 0 Å². The summed E-state index contributed by atoms with van der Waals surface area (Å²) >= 11 is 0. The highest BCUT2D eigenvalue weighted by Gasteiger charge is 2.23. The molecule has 5 aromatic rings. The van der Waals surface area contributed by atoms with Gasteiger partial charge in [0.15, 0.2) is 17.2 Å². The van der Waals surface area contributed by atoms with Gasteiger partial charge in [-0.1, -0.05) is 58.3 Å². The third-order valence-corrected chi connectivity index (χ3v) is 8.31. The van der Waals surface area contributed by atoms with Crippen LogP contribution >= 0.6 is 0 Å². The van der Waals surface area contributed by atoms with Crippen LogP contribution in [0.1, 0.15) is 38.3 Å². The first-order valence-corrected chi connectivity index (χ1v) is 15.4. The van der Waals surface area contributed by atoms with Crippen molar-refractivity contribution >= 4 is 11.6 Å². The standard InChI is InChI=1S/C35H37N7O5/c1-21-15-22(2)31(23(3)16-21)37-30-19-27-26-18-28(46-5)29(47-20-24-9-7-6-8-10-24)17-25(26)11-13-41(27)35(45)42(30)14-12-36-33(43)32-34(44)38-39-40(32)4/h6-10,15-19,44H,11-14,20H2,1-5H3,(H,36,43)/b37-30+. The van der Waals surface area contributed by atoms with Gasteiger partial charge < -0.3 is 19.9 Å². The monoisotopic (exact) mass is 635 g/mol. The Hall–Kier alpha value is -5.65. The van der Waals surface area contributed by atoms with Crippen molar-refractivity contribution in [2.45, 2.75) is 46.9 Å². The topological polar surface area (TPSA) is 138 Å². The number of nitrogens with one attached hydrogen (secondary N) is 1. The highest BCUT2D eigenvalue weighted by molar-refractivity contribution is 5.94. The van der Waals surface area contributed by atoms with E-state index in [1.165, 1.54) is 11.7 Å². The Morgan fingerprint density at radius 1 is 1.04 bits per heavy atom. The number of rotatable bonds is 9. The van der Waals surface area contributed by atoms with Gasteiger partial charge in [-0.25, -0.2) is 14.5 Å². The number of nitrogens with zero attached hydrogens (tertiary/aromatic N) is 6. The molecule has 1 amide bonds. The van der Waals surface area contributed by atoms with Gasteiger partial charge in [-0.15, -0.1) is 0 Å². The smallest absolute Gasteiger partial charge is 0.330 e. The molecule has 242 valence electrons. The zero-order valence-electron chi connectivity index (χ0n) is 27.1. The van der Waals surface area contributed by atoms with Gasteiger partial charge in [-0.2, -0.15) is 0 Å². The van der Waals surface area contributed by atoms with Crippen LogP contribution in [0.25, 0.3) is 11.3 Å². The largest absolute Gasteiger partial charge is 0.493 e. The lowest BCUT2D eigenvalue weighted by Crippen LogP contribution is -2.44. The molecule has 12 heteroatoms. The Morgan fingerprint density at radius 2 is 1.79 bits per heavy atom. The van der Waals surface area contributed by atoms with E-state index in [0.717, 1.165) is 44.8 Å². The predicted molar refractivity (Wildman–Crippen MR) is 176 cm³/mol. The maximum atomic E-state index is 14.2. The fraction of sp³-hybridized carbons (Fsp3) is 0.286. The highest BCUT2D eigenvalue weighted by Crippen LogP contribution is 2.38. The molecule has 0 radical (unpaired) electrons. The Kier molecular flexibility index (Phi) is 8.66. The van der Waals surface area contributed by atoms with Crippen molar-refractivity contribution in [3.63, 3.8) is 0 Å². The van der Waals surface area contributed by atoms with Crippen LogP contribution in [0.4, 0.5) is 5.69 Å². The third kappa shape index (κ3) is 6.26. The third-order valence-electron chi connectivity index (χ3n) is 8.31. The number of aryl methyl sites for hydroxylation is 5. The van der Waals surface area contributed by atoms with Crippen molar-refractivity contribution in [2.75, 3.05) is 13.7 Å². The summed E-state index contributed by atoms with van der Waals surface area (Å²) in [6, 6.07) is 19.9. The molecule has 3 aromatic carbocycles. The SMILES string of the molecule is COc1cc2c(cc1OCc1ccccc1)CCn1c-2c/c(=N\c2c(C)cc(C)cc2C)n(CCNC(=O)c2c(O)nnn2C)c1=O. The number of benzene rings is 3. The number of hydrogen-bond acceptors (Lipinski definition) is 8. The summed E-state index contributed by atoms with van der Waals surface area (Å²) in [5.41, 5.74) is 7.68. The average Bonchev–Trinajstić information content (AvgIpc) is 3.40. The van der Waals surface area contributed by atoms with Crippen LogP contribution in [0.5, 0.6) is 17.4 Å². The van der Waals surface area contributed by atoms with Gasteiger partial charge >= 0.3 is 5.69 Å². The predicted octanol–water partition coefficient (Wildman–Crippen LogP) is 3.88. The lowest BCUT2D eigenvalue weighted by atomic mass is 9.97. The number of hydrogen-bond donors (Lipinski definition) is 2. The van der Waals surface area contributed by atoms with Crippen LogP contribution in [0, 0.1) is 20.8 Å². The summed E-state index contributed by atoms with van der Waals surface area (Å²) in [4.78, 5) is 32.0. The molecular formula is C35H37N7O5. The number of carbonyl (C=O) groups excluding carboxylic acids is 1. The van der Waals surface area contributed by atoms with Gasteiger partial charge in [0.1, 0.15) is 12.1 Å². The summed E-state index contributed by atoms with van der Waals surface area (Å²) in [5.74, 6) is 0.189. The van der Waals surface area contributed by atoms with E-state index in [1.807, 2.05) is 69.3 Å². The van der Waals surface area contributed by atoms with Crippen molar-refractivity contribution in [3.8, 4) is 28.6 Å². The Balaban J connectivity index is 1.41. The molecule has 0 bridgehead atoms. The molecule has 0 saturated carbocycles. The molecule has 1 aliphatic rings. The molecule has 0 fully saturated rings. The molecule has 0 aliphatic carbocycles. The van der Waals surface area contributed by atoms with E-state index in [2.05, 4.69) is 27.8 Å². The second kappa shape index (κ2) is 13.0. The summed E-state index contributed by atoms with van der Waals surface area (Å²) < 4.78 is 16.4. The molecule has 2 aromatic heterocycles. The number of aromatic hydroxyl groups is 1. The van der Waals surface area contributed by atoms with Crippen molar-refractivity contribution in [3.05, 3.63) is 110 Å². The number of amides is 1. The van der Waals surface area contributed by atoms with E-state index < -0.39 is 11.8 Å². The first-order chi connectivity index (χ1) is 22.6. The van der Waals surface area contributed by atoms with Gasteiger partial charge in [-0.3, -0.25) is 13.9 Å². The zero-order valence-corrected chi connectivity index (χ0v) is 27.1. The fourth-order valence-corrected chi connectivity index (χ4v) is 6.08. The second-order valence-electron chi connectivity index (χ2n) is 11.7. The Bertz CT molecular complexity index is 2070. The van der Waals surface area contributed by atoms with E-state index in [0.29, 0.717) is 36.6 Å². The van der Waals surface area contributed by atoms with Gasteiger partial charge in [0.2, 0.25) is 0 Å². The molecule has 3 heterocycles. The fourth-order valence-electron chi connectivity index (χ4n) is 6.08. The van der Waals surface area contributed by atoms with Crippen molar-refractivity contribution < 1.29 is 19.4 Å². The number of ether oxygens (including phenoxy) is 2. The van der Waals surface area contributed by atoms with Crippen LogP contribution < -0.4 is 26.0 Å². The molecule has 0 saturated heterocycles. The molecule has 1 aliphatic heterocycles. The van der Waals surface area contributed by atoms with E-state index in [1.54, 1.807) is 16.2 Å². The average molecular weight is 636 g/mol. The molecule has 0 spiro atoms. The van der Waals surface area contributed by atoms with Crippen LogP contribution in [0.3, 0.4) is 0 Å². The van der Waals surface area contributed by atoms with E-state index in [-0.39, 0.29) is 24.5 Å². The normalized spacial score (nSPS) is 12.4. The molecule has 2 N–H and O–H groups in total. The summed E-state index contributed by atoms with van der Waals surface area (Å²) in [6.45, 7) is 7.13. The molecule has 47 heavy (non-hydrogen) atoms. The molecule has 0 atom stereocenters. The van der Waals surface area contributed by atoms with Gasteiger partial charge in [0, 0.05) is 38.3 Å². The first-order valence-electron chi connectivity index (χ1n) is 15.4. The van der Waals surface area contributed by atoms with E-state index >= 15 is 0 Å². The number of fused-ring (bicyclic) bond motifs is 3. The van der Waals surface area contributed by atoms with Crippen LogP contribution in [-0.2, 0) is 33.2 Å². The lowest BCUT2D eigenvalue weighted by Gasteiger charge is -2.25.